The molecule has 3 aromatic rings. The van der Waals surface area contributed by atoms with E-state index in [9.17, 15) is 0 Å². The van der Waals surface area contributed by atoms with Gasteiger partial charge in [0.15, 0.2) is 0 Å². The van der Waals surface area contributed by atoms with Crippen LogP contribution in [-0.4, -0.2) is 12.1 Å². The predicted molar refractivity (Wildman–Crippen MR) is 97.4 cm³/mol. The van der Waals surface area contributed by atoms with E-state index in [-0.39, 0.29) is 6.04 Å². The van der Waals surface area contributed by atoms with Gasteiger partial charge in [0, 0.05) is 23.2 Å². The second kappa shape index (κ2) is 7.73. The van der Waals surface area contributed by atoms with Gasteiger partial charge in [0.05, 0.1) is 13.2 Å². The fourth-order valence-corrected chi connectivity index (χ4v) is 4.06. The molecule has 0 amide bonds. The van der Waals surface area contributed by atoms with Crippen molar-refractivity contribution in [2.24, 2.45) is 0 Å². The summed E-state index contributed by atoms with van der Waals surface area (Å²) in [5.41, 5.74) is 3.60. The average molecular weight is 345 g/mol. The number of nitrogens with zero attached hydrogens (tertiary/aromatic N) is 1. The van der Waals surface area contributed by atoms with Gasteiger partial charge in [-0.2, -0.15) is 11.3 Å². The quantitative estimate of drug-likeness (QED) is 0.680. The largest absolute Gasteiger partial charge is 0.496 e. The van der Waals surface area contributed by atoms with Crippen molar-refractivity contribution in [2.75, 3.05) is 7.11 Å². The van der Waals surface area contributed by atoms with Gasteiger partial charge in [-0.05, 0) is 41.8 Å². The van der Waals surface area contributed by atoms with Crippen molar-refractivity contribution in [3.63, 3.8) is 0 Å². The van der Waals surface area contributed by atoms with Crippen molar-refractivity contribution in [1.29, 1.82) is 0 Å². The highest BCUT2D eigenvalue weighted by Crippen LogP contribution is 2.25. The Bertz CT molecular complexity index is 737. The highest BCUT2D eigenvalue weighted by atomic mass is 32.1. The van der Waals surface area contributed by atoms with Gasteiger partial charge in [-0.1, -0.05) is 18.2 Å². The molecule has 3 nitrogen and oxygen atoms in total. The Morgan fingerprint density at radius 2 is 2.09 bits per heavy atom. The Kier molecular flexibility index (Phi) is 5.43. The monoisotopic (exact) mass is 344 g/mol. The number of hydrogen-bond donors (Lipinski definition) is 1. The summed E-state index contributed by atoms with van der Waals surface area (Å²) in [7, 11) is 1.71. The van der Waals surface area contributed by atoms with Gasteiger partial charge < -0.3 is 10.1 Å². The lowest BCUT2D eigenvalue weighted by molar-refractivity contribution is 0.405. The summed E-state index contributed by atoms with van der Waals surface area (Å²) in [5, 5.41) is 11.2. The van der Waals surface area contributed by atoms with E-state index in [1.54, 1.807) is 29.8 Å². The molecule has 23 heavy (non-hydrogen) atoms. The number of methoxy groups -OCH3 is 1. The zero-order valence-corrected chi connectivity index (χ0v) is 14.9. The number of para-hydroxylation sites is 1. The van der Waals surface area contributed by atoms with E-state index in [0.717, 1.165) is 29.4 Å². The number of thiazole rings is 1. The van der Waals surface area contributed by atoms with E-state index in [2.05, 4.69) is 38.6 Å². The third-order valence-electron chi connectivity index (χ3n) is 3.69. The lowest BCUT2D eigenvalue weighted by atomic mass is 10.1. The molecular weight excluding hydrogens is 324 g/mol. The van der Waals surface area contributed by atoms with Crippen molar-refractivity contribution in [2.45, 2.75) is 25.9 Å². The van der Waals surface area contributed by atoms with Crippen molar-refractivity contribution < 1.29 is 4.74 Å². The number of aryl methyl sites for hydroxylation is 1. The lowest BCUT2D eigenvalue weighted by Gasteiger charge is -2.17. The topological polar surface area (TPSA) is 34.1 Å². The summed E-state index contributed by atoms with van der Waals surface area (Å²) in [4.78, 5) is 4.67. The zero-order valence-electron chi connectivity index (χ0n) is 13.3. The Labute approximate surface area is 145 Å². The first-order chi connectivity index (χ1) is 11.3. The maximum absolute atomic E-state index is 5.44. The number of thiophene rings is 1. The van der Waals surface area contributed by atoms with Crippen LogP contribution in [0.4, 0.5) is 0 Å². The van der Waals surface area contributed by atoms with Crippen molar-refractivity contribution in [3.8, 4) is 5.75 Å². The van der Waals surface area contributed by atoms with Crippen LogP contribution in [0.2, 0.25) is 0 Å². The van der Waals surface area contributed by atoms with E-state index in [4.69, 9.17) is 4.74 Å². The Balaban J connectivity index is 1.75. The third kappa shape index (κ3) is 4.19. The molecule has 0 spiro atoms. The number of benzene rings is 1. The summed E-state index contributed by atoms with van der Waals surface area (Å²) in [6, 6.07) is 10.5. The van der Waals surface area contributed by atoms with Gasteiger partial charge in [-0.3, -0.25) is 0 Å². The first-order valence-corrected chi connectivity index (χ1v) is 9.37. The SMILES string of the molecule is COc1ccccc1CN[C@H](Cc1ccsc1)c1nc(C)cs1. The molecule has 1 aromatic carbocycles. The lowest BCUT2D eigenvalue weighted by Crippen LogP contribution is -2.23. The average Bonchev–Trinajstić information content (AvgIpc) is 3.23. The molecular formula is C18H20N2OS2. The second-order valence-electron chi connectivity index (χ2n) is 5.41. The summed E-state index contributed by atoms with van der Waals surface area (Å²) < 4.78 is 5.44. The number of nitrogens with one attached hydrogen (secondary N) is 1. The van der Waals surface area contributed by atoms with Crippen molar-refractivity contribution in [3.05, 3.63) is 68.3 Å². The van der Waals surface area contributed by atoms with E-state index in [1.165, 1.54) is 11.1 Å². The molecule has 2 aromatic heterocycles. The van der Waals surface area contributed by atoms with E-state index in [0.29, 0.717) is 0 Å². The van der Waals surface area contributed by atoms with Crippen molar-refractivity contribution in [1.82, 2.24) is 10.3 Å². The highest BCUT2D eigenvalue weighted by molar-refractivity contribution is 7.09. The molecule has 0 aliphatic rings. The molecule has 2 heterocycles. The highest BCUT2D eigenvalue weighted by Gasteiger charge is 2.16. The summed E-state index contributed by atoms with van der Waals surface area (Å²) in [5.74, 6) is 0.921. The molecule has 0 aliphatic heterocycles. The van der Waals surface area contributed by atoms with Gasteiger partial charge in [0.25, 0.3) is 0 Å². The van der Waals surface area contributed by atoms with Crippen LogP contribution in [-0.2, 0) is 13.0 Å². The number of hydrogen-bond acceptors (Lipinski definition) is 5. The molecule has 1 N–H and O–H groups in total. The Hall–Kier alpha value is -1.69. The first-order valence-electron chi connectivity index (χ1n) is 7.54. The number of ether oxygens (including phenoxy) is 1. The maximum Gasteiger partial charge on any atom is 0.123 e. The molecule has 0 radical (unpaired) electrons. The van der Waals surface area contributed by atoms with Gasteiger partial charge in [0.2, 0.25) is 0 Å². The summed E-state index contributed by atoms with van der Waals surface area (Å²) in [6.45, 7) is 2.80. The van der Waals surface area contributed by atoms with E-state index >= 15 is 0 Å². The Morgan fingerprint density at radius 1 is 1.22 bits per heavy atom. The zero-order chi connectivity index (χ0) is 16.1. The van der Waals surface area contributed by atoms with Crippen LogP contribution in [0.25, 0.3) is 0 Å². The third-order valence-corrected chi connectivity index (χ3v) is 5.49. The van der Waals surface area contributed by atoms with Crippen LogP contribution in [0.15, 0.2) is 46.5 Å². The molecule has 120 valence electrons. The van der Waals surface area contributed by atoms with E-state index < -0.39 is 0 Å². The van der Waals surface area contributed by atoms with Crippen LogP contribution >= 0.6 is 22.7 Å². The van der Waals surface area contributed by atoms with Crippen LogP contribution in [0.1, 0.15) is 27.9 Å². The molecule has 3 rings (SSSR count). The molecule has 0 aliphatic carbocycles. The molecule has 0 unspecified atom stereocenters. The van der Waals surface area contributed by atoms with Crippen LogP contribution in [0.3, 0.4) is 0 Å². The summed E-state index contributed by atoms with van der Waals surface area (Å²) in [6.07, 6.45) is 0.950. The van der Waals surface area contributed by atoms with Crippen molar-refractivity contribution >= 4 is 22.7 Å². The maximum atomic E-state index is 5.44. The fourth-order valence-electron chi connectivity index (χ4n) is 2.51. The molecule has 5 heteroatoms. The first kappa shape index (κ1) is 16.2. The normalized spacial score (nSPS) is 12.3. The minimum Gasteiger partial charge on any atom is -0.496 e. The molecule has 0 saturated carbocycles. The molecule has 0 fully saturated rings. The van der Waals surface area contributed by atoms with Gasteiger partial charge in [-0.15, -0.1) is 11.3 Å². The van der Waals surface area contributed by atoms with E-state index in [1.807, 2.05) is 25.1 Å². The van der Waals surface area contributed by atoms with Crippen LogP contribution in [0, 0.1) is 6.92 Å². The molecule has 0 saturated heterocycles. The minimum atomic E-state index is 0.216. The number of rotatable bonds is 7. The standard InChI is InChI=1S/C18H20N2OS2/c1-13-11-23-18(20-13)16(9-14-7-8-22-12-14)19-10-15-5-3-4-6-17(15)21-2/h3-8,11-12,16,19H,9-10H2,1-2H3/t16-/m1/s1. The molecule has 1 atom stereocenters. The smallest absolute Gasteiger partial charge is 0.123 e. The second-order valence-corrected chi connectivity index (χ2v) is 7.08. The number of aromatic nitrogens is 1. The van der Waals surface area contributed by atoms with Crippen LogP contribution < -0.4 is 10.1 Å². The van der Waals surface area contributed by atoms with Crippen LogP contribution in [0.5, 0.6) is 5.75 Å². The fraction of sp³-hybridized carbons (Fsp3) is 0.278. The predicted octanol–water partition coefficient (Wildman–Crippen LogP) is 4.60. The van der Waals surface area contributed by atoms with Gasteiger partial charge in [0.1, 0.15) is 10.8 Å². The van der Waals surface area contributed by atoms with Gasteiger partial charge in [-0.25, -0.2) is 4.98 Å². The van der Waals surface area contributed by atoms with Gasteiger partial charge >= 0.3 is 0 Å². The summed E-state index contributed by atoms with van der Waals surface area (Å²) >= 11 is 3.46. The Morgan fingerprint density at radius 3 is 2.78 bits per heavy atom. The molecule has 0 bridgehead atoms. The minimum absolute atomic E-state index is 0.216.